The van der Waals surface area contributed by atoms with Crippen molar-refractivity contribution in [2.24, 2.45) is 11.7 Å². The first kappa shape index (κ1) is 12.6. The molecule has 0 fully saturated rings. The van der Waals surface area contributed by atoms with Crippen LogP contribution in [-0.4, -0.2) is 15.9 Å². The first-order valence-electron chi connectivity index (χ1n) is 5.27. The molecule has 0 aliphatic heterocycles. The summed E-state index contributed by atoms with van der Waals surface area (Å²) in [4.78, 5) is 14.2. The summed E-state index contributed by atoms with van der Waals surface area (Å²) < 4.78 is 0. The molecule has 1 heterocycles. The number of aryl methyl sites for hydroxylation is 1. The molecule has 0 spiro atoms. The minimum Gasteiger partial charge on any atom is -0.327 e. The monoisotopic (exact) mass is 223 g/mol. The van der Waals surface area contributed by atoms with Crippen LogP contribution in [0.3, 0.4) is 0 Å². The standard InChI is InChI=1S/C11H17N3O2/c1-7(2)10(12)5-11-8(3)4-9(6-13-11)14(15)16/h4,6-7,10H,5,12H2,1-3H3. The highest BCUT2D eigenvalue weighted by Gasteiger charge is 2.14. The van der Waals surface area contributed by atoms with Gasteiger partial charge in [-0.1, -0.05) is 13.8 Å². The van der Waals surface area contributed by atoms with E-state index in [4.69, 9.17) is 5.73 Å². The Labute approximate surface area is 94.8 Å². The Morgan fingerprint density at radius 2 is 2.19 bits per heavy atom. The van der Waals surface area contributed by atoms with Gasteiger partial charge in [-0.05, 0) is 18.4 Å². The summed E-state index contributed by atoms with van der Waals surface area (Å²) in [5.41, 5.74) is 7.63. The van der Waals surface area contributed by atoms with E-state index in [0.717, 1.165) is 11.3 Å². The molecular weight excluding hydrogens is 206 g/mol. The summed E-state index contributed by atoms with van der Waals surface area (Å²) in [5, 5.41) is 10.5. The van der Waals surface area contributed by atoms with E-state index < -0.39 is 4.92 Å². The summed E-state index contributed by atoms with van der Waals surface area (Å²) in [6.07, 6.45) is 1.94. The molecule has 0 saturated carbocycles. The summed E-state index contributed by atoms with van der Waals surface area (Å²) in [7, 11) is 0. The molecule has 0 aliphatic carbocycles. The molecule has 0 amide bonds. The topological polar surface area (TPSA) is 82.0 Å². The van der Waals surface area contributed by atoms with Gasteiger partial charge in [0.1, 0.15) is 6.20 Å². The van der Waals surface area contributed by atoms with Crippen molar-refractivity contribution in [2.75, 3.05) is 0 Å². The molecule has 0 bridgehead atoms. The van der Waals surface area contributed by atoms with Crippen molar-refractivity contribution in [3.8, 4) is 0 Å². The summed E-state index contributed by atoms with van der Waals surface area (Å²) >= 11 is 0. The number of nitrogens with zero attached hydrogens (tertiary/aromatic N) is 2. The number of nitro groups is 1. The average molecular weight is 223 g/mol. The molecule has 88 valence electrons. The van der Waals surface area contributed by atoms with Crippen LogP contribution >= 0.6 is 0 Å². The number of hydrogen-bond donors (Lipinski definition) is 1. The van der Waals surface area contributed by atoms with Gasteiger partial charge in [0.05, 0.1) is 4.92 Å². The number of nitrogens with two attached hydrogens (primary N) is 1. The van der Waals surface area contributed by atoms with E-state index in [1.807, 2.05) is 20.8 Å². The highest BCUT2D eigenvalue weighted by atomic mass is 16.6. The van der Waals surface area contributed by atoms with Crippen molar-refractivity contribution in [3.05, 3.63) is 33.6 Å². The maximum absolute atomic E-state index is 10.5. The van der Waals surface area contributed by atoms with Gasteiger partial charge in [-0.25, -0.2) is 0 Å². The molecule has 16 heavy (non-hydrogen) atoms. The molecule has 2 N–H and O–H groups in total. The van der Waals surface area contributed by atoms with Crippen LogP contribution in [-0.2, 0) is 6.42 Å². The average Bonchev–Trinajstić information content (AvgIpc) is 2.20. The zero-order valence-electron chi connectivity index (χ0n) is 9.80. The molecule has 5 nitrogen and oxygen atoms in total. The first-order chi connectivity index (χ1) is 7.41. The summed E-state index contributed by atoms with van der Waals surface area (Å²) in [5.74, 6) is 0.372. The van der Waals surface area contributed by atoms with Crippen LogP contribution in [0.4, 0.5) is 5.69 Å². The number of pyridine rings is 1. The van der Waals surface area contributed by atoms with Crippen molar-refractivity contribution in [3.63, 3.8) is 0 Å². The Bertz CT molecular complexity index is 391. The second kappa shape index (κ2) is 5.03. The van der Waals surface area contributed by atoms with Crippen LogP contribution in [0.15, 0.2) is 12.3 Å². The molecule has 0 aromatic carbocycles. The van der Waals surface area contributed by atoms with Gasteiger partial charge in [0, 0.05) is 24.2 Å². The smallest absolute Gasteiger partial charge is 0.287 e. The van der Waals surface area contributed by atoms with Crippen molar-refractivity contribution < 1.29 is 4.92 Å². The lowest BCUT2D eigenvalue weighted by molar-refractivity contribution is -0.385. The third-order valence-electron chi connectivity index (χ3n) is 2.67. The van der Waals surface area contributed by atoms with Gasteiger partial charge in [0.2, 0.25) is 0 Å². The number of rotatable bonds is 4. The molecule has 1 unspecified atom stereocenters. The van der Waals surface area contributed by atoms with Crippen molar-refractivity contribution in [1.29, 1.82) is 0 Å². The molecular formula is C11H17N3O2. The minimum absolute atomic E-state index is 0.0272. The quantitative estimate of drug-likeness (QED) is 0.623. The van der Waals surface area contributed by atoms with Gasteiger partial charge in [0.15, 0.2) is 0 Å². The maximum atomic E-state index is 10.5. The fourth-order valence-electron chi connectivity index (χ4n) is 1.36. The molecule has 1 atom stereocenters. The minimum atomic E-state index is -0.438. The zero-order valence-corrected chi connectivity index (χ0v) is 9.80. The molecule has 0 radical (unpaired) electrons. The van der Waals surface area contributed by atoms with E-state index in [9.17, 15) is 10.1 Å². The van der Waals surface area contributed by atoms with Crippen LogP contribution in [0.25, 0.3) is 0 Å². The predicted molar refractivity (Wildman–Crippen MR) is 62.1 cm³/mol. The SMILES string of the molecule is Cc1cc([N+](=O)[O-])cnc1CC(N)C(C)C. The van der Waals surface area contributed by atoms with E-state index >= 15 is 0 Å². The van der Waals surface area contributed by atoms with Crippen LogP contribution in [0.5, 0.6) is 0 Å². The second-order valence-electron chi connectivity index (χ2n) is 4.33. The van der Waals surface area contributed by atoms with Crippen LogP contribution in [0, 0.1) is 23.0 Å². The van der Waals surface area contributed by atoms with E-state index in [0.29, 0.717) is 12.3 Å². The van der Waals surface area contributed by atoms with Crippen molar-refractivity contribution in [1.82, 2.24) is 4.98 Å². The molecule has 1 aromatic rings. The van der Waals surface area contributed by atoms with E-state index in [1.165, 1.54) is 12.3 Å². The summed E-state index contributed by atoms with van der Waals surface area (Å²) in [6.45, 7) is 5.92. The first-order valence-corrected chi connectivity index (χ1v) is 5.27. The Morgan fingerprint density at radius 1 is 1.56 bits per heavy atom. The highest BCUT2D eigenvalue weighted by molar-refractivity contribution is 5.33. The molecule has 0 saturated heterocycles. The fourth-order valence-corrected chi connectivity index (χ4v) is 1.36. The lowest BCUT2D eigenvalue weighted by Gasteiger charge is -2.15. The van der Waals surface area contributed by atoms with Crippen molar-refractivity contribution in [2.45, 2.75) is 33.2 Å². The number of aromatic nitrogens is 1. The summed E-state index contributed by atoms with van der Waals surface area (Å²) in [6, 6.07) is 1.57. The van der Waals surface area contributed by atoms with E-state index in [2.05, 4.69) is 4.98 Å². The maximum Gasteiger partial charge on any atom is 0.287 e. The Hall–Kier alpha value is -1.49. The van der Waals surface area contributed by atoms with Gasteiger partial charge in [0.25, 0.3) is 5.69 Å². The zero-order chi connectivity index (χ0) is 12.3. The molecule has 1 aromatic heterocycles. The lowest BCUT2D eigenvalue weighted by Crippen LogP contribution is -2.29. The van der Waals surface area contributed by atoms with Gasteiger partial charge < -0.3 is 5.73 Å². The van der Waals surface area contributed by atoms with Crippen LogP contribution < -0.4 is 5.73 Å². The van der Waals surface area contributed by atoms with Gasteiger partial charge >= 0.3 is 0 Å². The third-order valence-corrected chi connectivity index (χ3v) is 2.67. The lowest BCUT2D eigenvalue weighted by atomic mass is 9.98. The van der Waals surface area contributed by atoms with E-state index in [1.54, 1.807) is 0 Å². The second-order valence-corrected chi connectivity index (χ2v) is 4.33. The van der Waals surface area contributed by atoms with Crippen LogP contribution in [0.2, 0.25) is 0 Å². The fraction of sp³-hybridized carbons (Fsp3) is 0.545. The highest BCUT2D eigenvalue weighted by Crippen LogP contribution is 2.16. The van der Waals surface area contributed by atoms with Gasteiger partial charge in [-0.3, -0.25) is 15.1 Å². The van der Waals surface area contributed by atoms with Crippen molar-refractivity contribution >= 4 is 5.69 Å². The Balaban J connectivity index is 2.87. The van der Waals surface area contributed by atoms with Gasteiger partial charge in [-0.15, -0.1) is 0 Å². The largest absolute Gasteiger partial charge is 0.327 e. The van der Waals surface area contributed by atoms with Gasteiger partial charge in [-0.2, -0.15) is 0 Å². The Kier molecular flexibility index (Phi) is 3.95. The molecule has 0 aliphatic rings. The molecule has 5 heteroatoms. The third kappa shape index (κ3) is 3.00. The van der Waals surface area contributed by atoms with Crippen LogP contribution in [0.1, 0.15) is 25.1 Å². The number of hydrogen-bond acceptors (Lipinski definition) is 4. The van der Waals surface area contributed by atoms with E-state index in [-0.39, 0.29) is 11.7 Å². The Morgan fingerprint density at radius 3 is 2.62 bits per heavy atom. The molecule has 1 rings (SSSR count). The predicted octanol–water partition coefficient (Wildman–Crippen LogP) is 1.82. The normalized spacial score (nSPS) is 12.8.